The Labute approximate surface area is 112 Å². The predicted octanol–water partition coefficient (Wildman–Crippen LogP) is 3.84. The average molecular weight is 259 g/mol. The van der Waals surface area contributed by atoms with Gasteiger partial charge in [0.2, 0.25) is 0 Å². The molecule has 0 radical (unpaired) electrons. The highest BCUT2D eigenvalue weighted by atomic mass is 32.2. The van der Waals surface area contributed by atoms with E-state index in [2.05, 4.69) is 19.1 Å². The summed E-state index contributed by atoms with van der Waals surface area (Å²) in [6.07, 6.45) is 0. The number of ether oxygens (including phenoxy) is 1. The first-order chi connectivity index (χ1) is 8.75. The van der Waals surface area contributed by atoms with Gasteiger partial charge in [-0.1, -0.05) is 42.1 Å². The van der Waals surface area contributed by atoms with Gasteiger partial charge in [0.15, 0.2) is 0 Å². The molecule has 0 heterocycles. The van der Waals surface area contributed by atoms with Crippen molar-refractivity contribution in [3.05, 3.63) is 59.7 Å². The molecule has 2 N–H and O–H groups in total. The quantitative estimate of drug-likeness (QED) is 0.383. The lowest BCUT2D eigenvalue weighted by atomic mass is 10.2. The van der Waals surface area contributed by atoms with E-state index < -0.39 is 0 Å². The molecule has 0 aromatic heterocycles. The van der Waals surface area contributed by atoms with Gasteiger partial charge in [-0.25, -0.2) is 0 Å². The number of hydrogen-bond acceptors (Lipinski definition) is 3. The third-order valence-electron chi connectivity index (χ3n) is 2.61. The van der Waals surface area contributed by atoms with Crippen molar-refractivity contribution in [2.24, 2.45) is 0 Å². The van der Waals surface area contributed by atoms with Crippen molar-refractivity contribution < 1.29 is 4.74 Å². The number of hydrogen-bond donors (Lipinski definition) is 1. The molecule has 2 rings (SSSR count). The van der Waals surface area contributed by atoms with Crippen LogP contribution in [-0.4, -0.2) is 5.94 Å². The molecular weight excluding hydrogens is 242 g/mol. The molecule has 18 heavy (non-hydrogen) atoms. The third-order valence-corrected chi connectivity index (χ3v) is 3.66. The molecule has 0 saturated carbocycles. The number of nitrogen functional groups attached to an aromatic ring is 1. The van der Waals surface area contributed by atoms with Crippen molar-refractivity contribution >= 4 is 17.4 Å². The van der Waals surface area contributed by atoms with Crippen LogP contribution in [0.3, 0.4) is 0 Å². The van der Waals surface area contributed by atoms with Crippen molar-refractivity contribution in [1.82, 2.24) is 0 Å². The number of rotatable bonds is 5. The number of nitrogens with two attached hydrogens (primary N) is 1. The first kappa shape index (κ1) is 13.0. The zero-order valence-corrected chi connectivity index (χ0v) is 11.2. The van der Waals surface area contributed by atoms with Crippen LogP contribution in [0.5, 0.6) is 0 Å². The van der Waals surface area contributed by atoms with Gasteiger partial charge >= 0.3 is 0 Å². The molecule has 2 nitrogen and oxygen atoms in total. The summed E-state index contributed by atoms with van der Waals surface area (Å²) in [7, 11) is 0. The molecule has 0 aliphatic heterocycles. The smallest absolute Gasteiger partial charge is 0.0971 e. The third kappa shape index (κ3) is 3.79. The lowest BCUT2D eigenvalue weighted by Crippen LogP contribution is -1.93. The predicted molar refractivity (Wildman–Crippen MR) is 77.5 cm³/mol. The van der Waals surface area contributed by atoms with E-state index in [9.17, 15) is 0 Å². The van der Waals surface area contributed by atoms with Crippen LogP contribution in [-0.2, 0) is 11.3 Å². The van der Waals surface area contributed by atoms with Gasteiger partial charge in [0.1, 0.15) is 0 Å². The topological polar surface area (TPSA) is 35.2 Å². The fourth-order valence-corrected chi connectivity index (χ4v) is 2.42. The lowest BCUT2D eigenvalue weighted by molar-refractivity contribution is 0.169. The second kappa shape index (κ2) is 6.47. The minimum absolute atomic E-state index is 0.652. The summed E-state index contributed by atoms with van der Waals surface area (Å²) < 4.78 is 5.64. The molecule has 2 aromatic rings. The van der Waals surface area contributed by atoms with E-state index in [-0.39, 0.29) is 0 Å². The first-order valence-electron chi connectivity index (χ1n) is 5.86. The second-order valence-corrected chi connectivity index (χ2v) is 5.09. The van der Waals surface area contributed by atoms with E-state index in [4.69, 9.17) is 10.5 Å². The minimum Gasteiger partial charge on any atom is -0.399 e. The number of anilines is 1. The molecule has 3 heteroatoms. The summed E-state index contributed by atoms with van der Waals surface area (Å²) in [5.74, 6) is 0.652. The van der Waals surface area contributed by atoms with Gasteiger partial charge in [0.05, 0.1) is 12.5 Å². The Balaban J connectivity index is 1.79. The molecule has 0 amide bonds. The Morgan fingerprint density at radius 1 is 1.11 bits per heavy atom. The summed E-state index contributed by atoms with van der Waals surface area (Å²) in [5, 5.41) is 0. The summed E-state index contributed by atoms with van der Waals surface area (Å²) >= 11 is 1.70. The summed E-state index contributed by atoms with van der Waals surface area (Å²) in [6, 6.07) is 16.1. The molecule has 0 aliphatic rings. The number of aryl methyl sites for hydroxylation is 1. The van der Waals surface area contributed by atoms with E-state index >= 15 is 0 Å². The zero-order chi connectivity index (χ0) is 12.8. The van der Waals surface area contributed by atoms with E-state index in [0.29, 0.717) is 12.5 Å². The van der Waals surface area contributed by atoms with E-state index in [1.54, 1.807) is 11.8 Å². The SMILES string of the molecule is Cc1cc(N)ccc1SCOCc1ccccc1. The molecule has 0 aliphatic carbocycles. The second-order valence-electron chi connectivity index (χ2n) is 4.12. The van der Waals surface area contributed by atoms with Crippen LogP contribution in [0.2, 0.25) is 0 Å². The van der Waals surface area contributed by atoms with Crippen molar-refractivity contribution in [1.29, 1.82) is 0 Å². The van der Waals surface area contributed by atoms with E-state index in [0.717, 1.165) is 5.69 Å². The first-order valence-corrected chi connectivity index (χ1v) is 6.85. The van der Waals surface area contributed by atoms with Crippen LogP contribution in [0.15, 0.2) is 53.4 Å². The van der Waals surface area contributed by atoms with Crippen LogP contribution < -0.4 is 5.73 Å². The normalized spacial score (nSPS) is 10.5. The number of thioether (sulfide) groups is 1. The van der Waals surface area contributed by atoms with E-state index in [1.165, 1.54) is 16.0 Å². The molecular formula is C15H17NOS. The van der Waals surface area contributed by atoms with Gasteiger partial charge in [-0.2, -0.15) is 0 Å². The van der Waals surface area contributed by atoms with Crippen molar-refractivity contribution in [3.63, 3.8) is 0 Å². The Kier molecular flexibility index (Phi) is 4.67. The molecule has 0 unspecified atom stereocenters. The van der Waals surface area contributed by atoms with E-state index in [1.807, 2.05) is 36.4 Å². The van der Waals surface area contributed by atoms with Gasteiger partial charge in [0.25, 0.3) is 0 Å². The fraction of sp³-hybridized carbons (Fsp3) is 0.200. The lowest BCUT2D eigenvalue weighted by Gasteiger charge is -2.07. The van der Waals surface area contributed by atoms with Crippen LogP contribution in [0.1, 0.15) is 11.1 Å². The van der Waals surface area contributed by atoms with Crippen LogP contribution in [0.4, 0.5) is 5.69 Å². The average Bonchev–Trinajstić information content (AvgIpc) is 2.38. The van der Waals surface area contributed by atoms with Crippen LogP contribution in [0.25, 0.3) is 0 Å². The minimum atomic E-state index is 0.652. The molecule has 0 atom stereocenters. The Hall–Kier alpha value is -1.45. The summed E-state index contributed by atoms with van der Waals surface area (Å²) in [5.41, 5.74) is 8.92. The maximum absolute atomic E-state index is 5.72. The van der Waals surface area contributed by atoms with Crippen molar-refractivity contribution in [2.45, 2.75) is 18.4 Å². The highest BCUT2D eigenvalue weighted by molar-refractivity contribution is 7.99. The van der Waals surface area contributed by atoms with Crippen molar-refractivity contribution in [2.75, 3.05) is 11.7 Å². The molecule has 0 fully saturated rings. The fourth-order valence-electron chi connectivity index (χ4n) is 1.67. The highest BCUT2D eigenvalue weighted by Gasteiger charge is 1.99. The van der Waals surface area contributed by atoms with Crippen molar-refractivity contribution in [3.8, 4) is 0 Å². The standard InChI is InChI=1S/C15H17NOS/c1-12-9-14(16)7-8-15(12)18-11-17-10-13-5-3-2-4-6-13/h2-9H,10-11,16H2,1H3. The number of benzene rings is 2. The van der Waals surface area contributed by atoms with Crippen LogP contribution in [0, 0.1) is 6.92 Å². The van der Waals surface area contributed by atoms with Crippen LogP contribution >= 0.6 is 11.8 Å². The van der Waals surface area contributed by atoms with Gasteiger partial charge < -0.3 is 10.5 Å². The zero-order valence-electron chi connectivity index (χ0n) is 10.4. The highest BCUT2D eigenvalue weighted by Crippen LogP contribution is 2.24. The Morgan fingerprint density at radius 3 is 2.61 bits per heavy atom. The molecule has 0 saturated heterocycles. The molecule has 0 spiro atoms. The van der Waals surface area contributed by atoms with Gasteiger partial charge in [-0.3, -0.25) is 0 Å². The Morgan fingerprint density at radius 2 is 1.89 bits per heavy atom. The molecule has 2 aromatic carbocycles. The molecule has 94 valence electrons. The maximum Gasteiger partial charge on any atom is 0.0971 e. The Bertz CT molecular complexity index is 499. The van der Waals surface area contributed by atoms with Gasteiger partial charge in [-0.15, -0.1) is 0 Å². The summed E-state index contributed by atoms with van der Waals surface area (Å²) in [4.78, 5) is 1.22. The molecule has 0 bridgehead atoms. The monoisotopic (exact) mass is 259 g/mol. The largest absolute Gasteiger partial charge is 0.399 e. The maximum atomic E-state index is 5.72. The summed E-state index contributed by atoms with van der Waals surface area (Å²) in [6.45, 7) is 2.72. The van der Waals surface area contributed by atoms with Gasteiger partial charge in [-0.05, 0) is 36.2 Å². The van der Waals surface area contributed by atoms with Gasteiger partial charge in [0, 0.05) is 10.6 Å².